The van der Waals surface area contributed by atoms with Crippen molar-refractivity contribution in [2.75, 3.05) is 13.7 Å². The molecular weight excluding hydrogens is 322 g/mol. The summed E-state index contributed by atoms with van der Waals surface area (Å²) in [6, 6.07) is 5.96. The van der Waals surface area contributed by atoms with E-state index in [1.54, 1.807) is 12.0 Å². The van der Waals surface area contributed by atoms with Gasteiger partial charge in [-0.3, -0.25) is 4.79 Å². The summed E-state index contributed by atoms with van der Waals surface area (Å²) >= 11 is 3.46. The number of carbonyl (C=O) groups is 1. The fraction of sp³-hybridized carbons (Fsp3) is 0.533. The maximum Gasteiger partial charge on any atom is 0.224 e. The van der Waals surface area contributed by atoms with Gasteiger partial charge in [-0.2, -0.15) is 0 Å². The molecule has 4 nitrogen and oxygen atoms in total. The molecule has 1 aliphatic rings. The Morgan fingerprint density at radius 2 is 2.35 bits per heavy atom. The van der Waals surface area contributed by atoms with Gasteiger partial charge in [0.15, 0.2) is 0 Å². The topological polar surface area (TPSA) is 49.8 Å². The van der Waals surface area contributed by atoms with E-state index in [-0.39, 0.29) is 5.91 Å². The minimum absolute atomic E-state index is 0.0579. The third kappa shape index (κ3) is 3.73. The largest absolute Gasteiger partial charge is 0.496 e. The summed E-state index contributed by atoms with van der Waals surface area (Å²) in [4.78, 5) is 13.5. The van der Waals surface area contributed by atoms with E-state index in [4.69, 9.17) is 4.74 Å². The Hall–Kier alpha value is -1.07. The van der Waals surface area contributed by atoms with Crippen molar-refractivity contribution in [3.63, 3.8) is 0 Å². The van der Waals surface area contributed by atoms with E-state index in [1.807, 2.05) is 18.2 Å². The number of nitrogens with zero attached hydrogens (tertiary/aromatic N) is 1. The standard InChI is InChI=1S/C15H20BrNO3/c1-20-13-8-7-11(10-12(13)16)4-2-5-14(18)17-9-3-6-15(17)19/h7-8,10,15,19H,2-6,9H2,1H3. The summed E-state index contributed by atoms with van der Waals surface area (Å²) in [5.74, 6) is 0.868. The second kappa shape index (κ2) is 7.09. The molecule has 1 atom stereocenters. The van der Waals surface area contributed by atoms with Gasteiger partial charge >= 0.3 is 0 Å². The van der Waals surface area contributed by atoms with Crippen LogP contribution in [-0.2, 0) is 11.2 Å². The number of rotatable bonds is 5. The Morgan fingerprint density at radius 1 is 1.55 bits per heavy atom. The Morgan fingerprint density at radius 3 is 2.95 bits per heavy atom. The highest BCUT2D eigenvalue weighted by molar-refractivity contribution is 9.10. The molecule has 20 heavy (non-hydrogen) atoms. The number of benzene rings is 1. The molecule has 110 valence electrons. The molecule has 1 unspecified atom stereocenters. The van der Waals surface area contributed by atoms with Crippen LogP contribution in [0.15, 0.2) is 22.7 Å². The predicted octanol–water partition coefficient (Wildman–Crippen LogP) is 2.72. The lowest BCUT2D eigenvalue weighted by atomic mass is 10.1. The maximum absolute atomic E-state index is 11.9. The first kappa shape index (κ1) is 15.3. The lowest BCUT2D eigenvalue weighted by molar-refractivity contribution is -0.137. The van der Waals surface area contributed by atoms with Crippen LogP contribution in [0.4, 0.5) is 0 Å². The highest BCUT2D eigenvalue weighted by atomic mass is 79.9. The molecule has 1 aromatic rings. The summed E-state index contributed by atoms with van der Waals surface area (Å²) in [5, 5.41) is 9.65. The van der Waals surface area contributed by atoms with Crippen molar-refractivity contribution < 1.29 is 14.6 Å². The number of aryl methyl sites for hydroxylation is 1. The van der Waals surface area contributed by atoms with Crippen LogP contribution in [0.25, 0.3) is 0 Å². The number of likely N-dealkylation sites (tertiary alicyclic amines) is 1. The zero-order chi connectivity index (χ0) is 14.5. The number of aliphatic hydroxyl groups excluding tert-OH is 1. The fourth-order valence-electron chi connectivity index (χ4n) is 2.49. The minimum atomic E-state index is -0.572. The molecule has 1 aliphatic heterocycles. The molecule has 1 N–H and O–H groups in total. The van der Waals surface area contributed by atoms with Crippen LogP contribution in [0.3, 0.4) is 0 Å². The third-order valence-electron chi connectivity index (χ3n) is 3.61. The highest BCUT2D eigenvalue weighted by Gasteiger charge is 2.25. The van der Waals surface area contributed by atoms with Crippen molar-refractivity contribution in [1.82, 2.24) is 4.90 Å². The normalized spacial score (nSPS) is 18.4. The average Bonchev–Trinajstić information content (AvgIpc) is 2.85. The molecule has 0 aliphatic carbocycles. The fourth-order valence-corrected chi connectivity index (χ4v) is 3.08. The van der Waals surface area contributed by atoms with E-state index in [0.29, 0.717) is 19.4 Å². The van der Waals surface area contributed by atoms with Crippen LogP contribution in [0.2, 0.25) is 0 Å². The predicted molar refractivity (Wildman–Crippen MR) is 80.6 cm³/mol. The van der Waals surface area contributed by atoms with E-state index < -0.39 is 6.23 Å². The van der Waals surface area contributed by atoms with Crippen molar-refractivity contribution in [1.29, 1.82) is 0 Å². The minimum Gasteiger partial charge on any atom is -0.496 e. The van der Waals surface area contributed by atoms with Crippen molar-refractivity contribution in [2.24, 2.45) is 0 Å². The molecule has 0 saturated carbocycles. The molecule has 1 amide bonds. The van der Waals surface area contributed by atoms with Crippen LogP contribution >= 0.6 is 15.9 Å². The number of ether oxygens (including phenoxy) is 1. The first-order valence-electron chi connectivity index (χ1n) is 6.92. The van der Waals surface area contributed by atoms with E-state index in [1.165, 1.54) is 5.56 Å². The molecule has 5 heteroatoms. The molecule has 0 bridgehead atoms. The van der Waals surface area contributed by atoms with Gasteiger partial charge in [0.25, 0.3) is 0 Å². The molecule has 1 aromatic carbocycles. The lowest BCUT2D eigenvalue weighted by Gasteiger charge is -2.20. The van der Waals surface area contributed by atoms with Gasteiger partial charge in [-0.1, -0.05) is 6.07 Å². The zero-order valence-corrected chi connectivity index (χ0v) is 13.2. The molecule has 1 heterocycles. The van der Waals surface area contributed by atoms with Gasteiger partial charge in [0.05, 0.1) is 11.6 Å². The van der Waals surface area contributed by atoms with Gasteiger partial charge in [0, 0.05) is 13.0 Å². The SMILES string of the molecule is COc1ccc(CCCC(=O)N2CCCC2O)cc1Br. The van der Waals surface area contributed by atoms with Crippen LogP contribution in [0.1, 0.15) is 31.2 Å². The van der Waals surface area contributed by atoms with Gasteiger partial charge < -0.3 is 14.7 Å². The van der Waals surface area contributed by atoms with E-state index >= 15 is 0 Å². The van der Waals surface area contributed by atoms with Crippen LogP contribution in [-0.4, -0.2) is 35.8 Å². The van der Waals surface area contributed by atoms with Gasteiger partial charge in [0.2, 0.25) is 5.91 Å². The van der Waals surface area contributed by atoms with Crippen LogP contribution in [0.5, 0.6) is 5.75 Å². The Balaban J connectivity index is 1.81. The molecule has 1 fully saturated rings. The van der Waals surface area contributed by atoms with Crippen molar-refractivity contribution in [3.8, 4) is 5.75 Å². The molecule has 1 saturated heterocycles. The number of amides is 1. The summed E-state index contributed by atoms with van der Waals surface area (Å²) in [6.45, 7) is 0.689. The Kier molecular flexibility index (Phi) is 5.43. The first-order chi connectivity index (χ1) is 9.61. The molecule has 0 aromatic heterocycles. The average molecular weight is 342 g/mol. The summed E-state index contributed by atoms with van der Waals surface area (Å²) in [7, 11) is 1.64. The monoisotopic (exact) mass is 341 g/mol. The smallest absolute Gasteiger partial charge is 0.224 e. The summed E-state index contributed by atoms with van der Waals surface area (Å²) < 4.78 is 6.12. The van der Waals surface area contributed by atoms with Crippen molar-refractivity contribution in [3.05, 3.63) is 28.2 Å². The van der Waals surface area contributed by atoms with Gasteiger partial charge in [-0.05, 0) is 59.3 Å². The Bertz CT molecular complexity index is 478. The summed E-state index contributed by atoms with van der Waals surface area (Å²) in [5.41, 5.74) is 1.17. The molecule has 0 radical (unpaired) electrons. The third-order valence-corrected chi connectivity index (χ3v) is 4.23. The molecule has 0 spiro atoms. The number of hydrogen-bond acceptors (Lipinski definition) is 3. The van der Waals surface area contributed by atoms with E-state index in [2.05, 4.69) is 15.9 Å². The summed E-state index contributed by atoms with van der Waals surface area (Å²) in [6.07, 6.45) is 3.16. The number of carbonyl (C=O) groups excluding carboxylic acids is 1. The van der Waals surface area contributed by atoms with Crippen LogP contribution < -0.4 is 4.74 Å². The molecule has 2 rings (SSSR count). The second-order valence-corrected chi connectivity index (χ2v) is 5.89. The lowest BCUT2D eigenvalue weighted by Crippen LogP contribution is -2.35. The van der Waals surface area contributed by atoms with Gasteiger partial charge in [-0.25, -0.2) is 0 Å². The van der Waals surface area contributed by atoms with Gasteiger partial charge in [0.1, 0.15) is 12.0 Å². The first-order valence-corrected chi connectivity index (χ1v) is 7.71. The number of methoxy groups -OCH3 is 1. The number of halogens is 1. The maximum atomic E-state index is 11.9. The van der Waals surface area contributed by atoms with Gasteiger partial charge in [-0.15, -0.1) is 0 Å². The molecular formula is C15H20BrNO3. The number of hydrogen-bond donors (Lipinski definition) is 1. The van der Waals surface area contributed by atoms with E-state index in [0.717, 1.165) is 29.5 Å². The number of aliphatic hydroxyl groups is 1. The zero-order valence-electron chi connectivity index (χ0n) is 11.6. The van der Waals surface area contributed by atoms with E-state index in [9.17, 15) is 9.90 Å². The highest BCUT2D eigenvalue weighted by Crippen LogP contribution is 2.26. The Labute approximate surface area is 127 Å². The van der Waals surface area contributed by atoms with Crippen molar-refractivity contribution in [2.45, 2.75) is 38.3 Å². The quantitative estimate of drug-likeness (QED) is 0.895. The van der Waals surface area contributed by atoms with Crippen LogP contribution in [0, 0.1) is 0 Å². The van der Waals surface area contributed by atoms with Crippen molar-refractivity contribution >= 4 is 21.8 Å². The second-order valence-electron chi connectivity index (χ2n) is 5.03.